The molecule has 0 heterocycles. The average molecular weight is 541 g/mol. The van der Waals surface area contributed by atoms with Crippen molar-refractivity contribution < 1.29 is 42.0 Å². The van der Waals surface area contributed by atoms with Gasteiger partial charge < -0.3 is 15.4 Å². The zero-order valence-electron chi connectivity index (χ0n) is 20.0. The number of nitro groups is 1. The Kier molecular flexibility index (Phi) is 7.17. The Labute approximate surface area is 217 Å². The SMILES string of the molecule is CC(OC(=O)CNc1ccc(C(F)(F)F)cc1[N+](=O)[O-])C(=O)Nc1ccc2c(c1)C(=O)c1ccccc1C2=O. The molecule has 0 spiro atoms. The number of hydrogen-bond donors (Lipinski definition) is 2. The Morgan fingerprint density at radius 1 is 0.949 bits per heavy atom. The molecule has 10 nitrogen and oxygen atoms in total. The monoisotopic (exact) mass is 541 g/mol. The highest BCUT2D eigenvalue weighted by Crippen LogP contribution is 2.35. The summed E-state index contributed by atoms with van der Waals surface area (Å²) in [6, 6.07) is 12.3. The molecule has 1 aliphatic carbocycles. The van der Waals surface area contributed by atoms with Gasteiger partial charge in [-0.1, -0.05) is 24.3 Å². The number of anilines is 2. The van der Waals surface area contributed by atoms with Gasteiger partial charge in [0.15, 0.2) is 17.7 Å². The number of hydrogen-bond acceptors (Lipinski definition) is 8. The van der Waals surface area contributed by atoms with Crippen LogP contribution in [0.4, 0.5) is 30.2 Å². The first-order valence-electron chi connectivity index (χ1n) is 11.3. The minimum absolute atomic E-state index is 0.100. The van der Waals surface area contributed by atoms with E-state index in [9.17, 15) is 42.5 Å². The first-order chi connectivity index (χ1) is 18.4. The van der Waals surface area contributed by atoms with E-state index in [2.05, 4.69) is 10.6 Å². The number of nitrogens with zero attached hydrogens (tertiary/aromatic N) is 1. The number of benzene rings is 3. The fourth-order valence-corrected chi connectivity index (χ4v) is 3.89. The van der Waals surface area contributed by atoms with Crippen LogP contribution in [0.25, 0.3) is 0 Å². The van der Waals surface area contributed by atoms with Gasteiger partial charge in [-0.05, 0) is 37.3 Å². The van der Waals surface area contributed by atoms with Gasteiger partial charge in [-0.25, -0.2) is 0 Å². The molecule has 200 valence electrons. The highest BCUT2D eigenvalue weighted by molar-refractivity contribution is 6.28. The van der Waals surface area contributed by atoms with Crippen LogP contribution < -0.4 is 10.6 Å². The maximum atomic E-state index is 12.9. The maximum absolute atomic E-state index is 12.9. The van der Waals surface area contributed by atoms with Crippen molar-refractivity contribution in [1.29, 1.82) is 0 Å². The molecule has 0 bridgehead atoms. The van der Waals surface area contributed by atoms with Crippen LogP contribution in [0.5, 0.6) is 0 Å². The molecule has 1 amide bonds. The van der Waals surface area contributed by atoms with E-state index in [4.69, 9.17) is 4.74 Å². The number of nitrogens with one attached hydrogen (secondary N) is 2. The Morgan fingerprint density at radius 2 is 1.56 bits per heavy atom. The molecule has 39 heavy (non-hydrogen) atoms. The third-order valence-electron chi connectivity index (χ3n) is 5.82. The largest absolute Gasteiger partial charge is 0.451 e. The van der Waals surface area contributed by atoms with Crippen LogP contribution in [0.3, 0.4) is 0 Å². The molecule has 3 aromatic carbocycles. The van der Waals surface area contributed by atoms with E-state index in [0.717, 1.165) is 6.07 Å². The lowest BCUT2D eigenvalue weighted by Gasteiger charge is -2.19. The summed E-state index contributed by atoms with van der Waals surface area (Å²) >= 11 is 0. The van der Waals surface area contributed by atoms with Crippen LogP contribution in [-0.2, 0) is 20.5 Å². The fraction of sp³-hybridized carbons (Fsp3) is 0.154. The number of alkyl halides is 3. The molecule has 4 rings (SSSR count). The maximum Gasteiger partial charge on any atom is 0.416 e. The molecular formula is C26H18F3N3O7. The number of rotatable bonds is 7. The minimum atomic E-state index is -4.80. The van der Waals surface area contributed by atoms with Crippen molar-refractivity contribution in [2.45, 2.75) is 19.2 Å². The lowest BCUT2D eigenvalue weighted by molar-refractivity contribution is -0.384. The third kappa shape index (κ3) is 5.61. The topological polar surface area (TPSA) is 145 Å². The lowest BCUT2D eigenvalue weighted by atomic mass is 9.84. The van der Waals surface area contributed by atoms with Crippen molar-refractivity contribution in [3.8, 4) is 0 Å². The fourth-order valence-electron chi connectivity index (χ4n) is 3.89. The van der Waals surface area contributed by atoms with Crippen molar-refractivity contribution in [2.75, 3.05) is 17.2 Å². The molecule has 2 N–H and O–H groups in total. The standard InChI is InChI=1S/C26H18F3N3O7/c1-13(39-22(33)12-30-20-9-6-14(26(27,28)29)10-21(20)32(37)38)25(36)31-15-7-8-18-19(11-15)24(35)17-5-3-2-4-16(17)23(18)34/h2-11,13,30H,12H2,1H3,(H,31,36). The van der Waals surface area contributed by atoms with Gasteiger partial charge in [0.05, 0.1) is 10.5 Å². The highest BCUT2D eigenvalue weighted by Gasteiger charge is 2.33. The van der Waals surface area contributed by atoms with E-state index < -0.39 is 46.9 Å². The van der Waals surface area contributed by atoms with E-state index in [1.807, 2.05) is 0 Å². The molecule has 13 heteroatoms. The van der Waals surface area contributed by atoms with Crippen molar-refractivity contribution >= 4 is 40.5 Å². The Balaban J connectivity index is 1.38. The number of esters is 1. The minimum Gasteiger partial charge on any atom is -0.451 e. The number of halogens is 3. The molecule has 1 atom stereocenters. The molecule has 0 saturated carbocycles. The summed E-state index contributed by atoms with van der Waals surface area (Å²) in [5.41, 5.74) is -1.51. The predicted octanol–water partition coefficient (Wildman–Crippen LogP) is 4.37. The summed E-state index contributed by atoms with van der Waals surface area (Å²) in [5.74, 6) is -2.52. The van der Waals surface area contributed by atoms with Crippen LogP contribution in [0, 0.1) is 10.1 Å². The summed E-state index contributed by atoms with van der Waals surface area (Å²) in [6.45, 7) is 0.565. The molecule has 0 saturated heterocycles. The second-order valence-corrected chi connectivity index (χ2v) is 8.43. The number of nitro benzene ring substituents is 1. The quantitative estimate of drug-likeness (QED) is 0.199. The first-order valence-corrected chi connectivity index (χ1v) is 11.3. The summed E-state index contributed by atoms with van der Waals surface area (Å²) in [5, 5.41) is 16.0. The number of carbonyl (C=O) groups is 4. The van der Waals surface area contributed by atoms with Gasteiger partial charge in [0.2, 0.25) is 0 Å². The molecule has 1 aliphatic rings. The molecule has 0 aliphatic heterocycles. The van der Waals surface area contributed by atoms with E-state index >= 15 is 0 Å². The third-order valence-corrected chi connectivity index (χ3v) is 5.82. The van der Waals surface area contributed by atoms with Gasteiger partial charge in [0.1, 0.15) is 12.2 Å². The Bertz CT molecular complexity index is 1540. The van der Waals surface area contributed by atoms with Gasteiger partial charge >= 0.3 is 12.1 Å². The number of amides is 1. The van der Waals surface area contributed by atoms with Gasteiger partial charge in [-0.15, -0.1) is 0 Å². The second-order valence-electron chi connectivity index (χ2n) is 8.43. The van der Waals surface area contributed by atoms with Gasteiger partial charge in [-0.2, -0.15) is 13.2 Å². The van der Waals surface area contributed by atoms with Crippen LogP contribution in [0.15, 0.2) is 60.7 Å². The van der Waals surface area contributed by atoms with Crippen LogP contribution >= 0.6 is 0 Å². The highest BCUT2D eigenvalue weighted by atomic mass is 19.4. The normalized spacial score (nSPS) is 13.1. The smallest absolute Gasteiger partial charge is 0.416 e. The number of carbonyl (C=O) groups excluding carboxylic acids is 4. The molecule has 1 unspecified atom stereocenters. The van der Waals surface area contributed by atoms with E-state index in [1.165, 1.54) is 31.2 Å². The van der Waals surface area contributed by atoms with Crippen molar-refractivity contribution in [2.24, 2.45) is 0 Å². The van der Waals surface area contributed by atoms with Gasteiger partial charge in [0, 0.05) is 34.0 Å². The van der Waals surface area contributed by atoms with Gasteiger partial charge in [0.25, 0.3) is 11.6 Å². The Hall–Kier alpha value is -5.07. The predicted molar refractivity (Wildman–Crippen MR) is 131 cm³/mol. The first kappa shape index (κ1) is 27.0. The zero-order valence-corrected chi connectivity index (χ0v) is 20.0. The average Bonchev–Trinajstić information content (AvgIpc) is 2.89. The van der Waals surface area contributed by atoms with E-state index in [1.54, 1.807) is 18.2 Å². The van der Waals surface area contributed by atoms with E-state index in [-0.39, 0.29) is 45.2 Å². The molecule has 0 radical (unpaired) electrons. The molecule has 3 aromatic rings. The number of fused-ring (bicyclic) bond motifs is 2. The van der Waals surface area contributed by atoms with E-state index in [0.29, 0.717) is 12.1 Å². The van der Waals surface area contributed by atoms with Crippen molar-refractivity contribution in [3.05, 3.63) is 98.6 Å². The molecular weight excluding hydrogens is 523 g/mol. The summed E-state index contributed by atoms with van der Waals surface area (Å²) in [7, 11) is 0. The zero-order chi connectivity index (χ0) is 28.5. The lowest BCUT2D eigenvalue weighted by Crippen LogP contribution is -2.32. The van der Waals surface area contributed by atoms with Crippen LogP contribution in [0.2, 0.25) is 0 Å². The number of ether oxygens (including phenoxy) is 1. The van der Waals surface area contributed by atoms with Crippen LogP contribution in [0.1, 0.15) is 44.3 Å². The van der Waals surface area contributed by atoms with Crippen molar-refractivity contribution in [3.63, 3.8) is 0 Å². The molecule has 0 fully saturated rings. The summed E-state index contributed by atoms with van der Waals surface area (Å²) in [4.78, 5) is 60.4. The van der Waals surface area contributed by atoms with Crippen molar-refractivity contribution in [1.82, 2.24) is 0 Å². The summed E-state index contributed by atoms with van der Waals surface area (Å²) < 4.78 is 43.5. The molecule has 0 aromatic heterocycles. The second kappa shape index (κ2) is 10.4. The summed E-state index contributed by atoms with van der Waals surface area (Å²) in [6.07, 6.45) is -6.15. The van der Waals surface area contributed by atoms with Crippen LogP contribution in [-0.4, -0.2) is 41.0 Å². The van der Waals surface area contributed by atoms with Gasteiger partial charge in [-0.3, -0.25) is 29.3 Å². The number of ketones is 2. The Morgan fingerprint density at radius 3 is 2.18 bits per heavy atom.